The summed E-state index contributed by atoms with van der Waals surface area (Å²) in [4.78, 5) is 23.9. The molecule has 5 nitrogen and oxygen atoms in total. The van der Waals surface area contributed by atoms with Crippen molar-refractivity contribution in [2.24, 2.45) is 0 Å². The lowest BCUT2D eigenvalue weighted by Crippen LogP contribution is -2.32. The van der Waals surface area contributed by atoms with Gasteiger partial charge in [-0.25, -0.2) is 0 Å². The Morgan fingerprint density at radius 3 is 2.50 bits per heavy atom. The summed E-state index contributed by atoms with van der Waals surface area (Å²) >= 11 is 0. The van der Waals surface area contributed by atoms with E-state index in [9.17, 15) is 9.59 Å². The first-order chi connectivity index (χ1) is 12.5. The average Bonchev–Trinajstić information content (AvgIpc) is 3.04. The van der Waals surface area contributed by atoms with Gasteiger partial charge in [0, 0.05) is 17.1 Å². The van der Waals surface area contributed by atoms with Crippen molar-refractivity contribution in [2.45, 2.75) is 13.8 Å². The molecule has 0 saturated carbocycles. The van der Waals surface area contributed by atoms with Crippen molar-refractivity contribution in [3.8, 4) is 0 Å². The maximum Gasteiger partial charge on any atom is 0.244 e. The molecule has 3 rings (SSSR count). The van der Waals surface area contributed by atoms with Crippen LogP contribution >= 0.6 is 0 Å². The molecule has 132 valence electrons. The van der Waals surface area contributed by atoms with Gasteiger partial charge < -0.3 is 15.1 Å². The van der Waals surface area contributed by atoms with E-state index < -0.39 is 0 Å². The molecule has 1 aromatic heterocycles. The number of hydrogen-bond acceptors (Lipinski definition) is 3. The lowest BCUT2D eigenvalue weighted by molar-refractivity contribution is -0.121. The van der Waals surface area contributed by atoms with Gasteiger partial charge in [0.05, 0.1) is 6.54 Å². The van der Waals surface area contributed by atoms with Crippen molar-refractivity contribution in [3.63, 3.8) is 0 Å². The van der Waals surface area contributed by atoms with Crippen LogP contribution in [0.15, 0.2) is 59.0 Å². The number of carbonyl (C=O) groups excluding carboxylic acids is 2. The topological polar surface area (TPSA) is 71.3 Å². The first-order valence-electron chi connectivity index (χ1n) is 8.33. The molecule has 0 bridgehead atoms. The van der Waals surface area contributed by atoms with Crippen molar-refractivity contribution in [3.05, 3.63) is 71.5 Å². The van der Waals surface area contributed by atoms with E-state index >= 15 is 0 Å². The highest BCUT2D eigenvalue weighted by atomic mass is 16.3. The third-order valence-electron chi connectivity index (χ3n) is 4.01. The zero-order valence-corrected chi connectivity index (χ0v) is 14.7. The Bertz CT molecular complexity index is 933. The number of fused-ring (bicyclic) bond motifs is 1. The molecule has 3 aromatic rings. The molecule has 26 heavy (non-hydrogen) atoms. The van der Waals surface area contributed by atoms with Crippen LogP contribution in [0.1, 0.15) is 16.9 Å². The maximum absolute atomic E-state index is 12.0. The fourth-order valence-electron chi connectivity index (χ4n) is 2.66. The molecular weight excluding hydrogens is 328 g/mol. The minimum atomic E-state index is -0.359. The van der Waals surface area contributed by atoms with Gasteiger partial charge in [0.25, 0.3) is 0 Å². The Morgan fingerprint density at radius 2 is 1.77 bits per heavy atom. The minimum absolute atomic E-state index is 0.100. The number of furan rings is 1. The summed E-state index contributed by atoms with van der Waals surface area (Å²) in [5, 5.41) is 6.37. The lowest BCUT2D eigenvalue weighted by Gasteiger charge is -2.11. The van der Waals surface area contributed by atoms with Crippen molar-refractivity contribution >= 4 is 34.5 Å². The predicted molar refractivity (Wildman–Crippen MR) is 103 cm³/mol. The zero-order valence-electron chi connectivity index (χ0n) is 14.7. The summed E-state index contributed by atoms with van der Waals surface area (Å²) in [5.74, 6) is -0.0451. The second-order valence-electron chi connectivity index (χ2n) is 6.05. The second-order valence-corrected chi connectivity index (χ2v) is 6.05. The SMILES string of the molecule is Cc1cccc(C)c1NC(=O)CNC(=O)/C=C/c1cc2ccccc2o1. The van der Waals surface area contributed by atoms with Gasteiger partial charge >= 0.3 is 0 Å². The Morgan fingerprint density at radius 1 is 1.04 bits per heavy atom. The highest BCUT2D eigenvalue weighted by Crippen LogP contribution is 2.20. The molecule has 0 aliphatic rings. The van der Waals surface area contributed by atoms with E-state index in [2.05, 4.69) is 10.6 Å². The van der Waals surface area contributed by atoms with Crippen molar-refractivity contribution in [1.29, 1.82) is 0 Å². The summed E-state index contributed by atoms with van der Waals surface area (Å²) in [6, 6.07) is 15.3. The highest BCUT2D eigenvalue weighted by Gasteiger charge is 2.08. The van der Waals surface area contributed by atoms with E-state index in [0.29, 0.717) is 5.76 Å². The van der Waals surface area contributed by atoms with Crippen LogP contribution in [0.5, 0.6) is 0 Å². The van der Waals surface area contributed by atoms with E-state index in [0.717, 1.165) is 27.8 Å². The smallest absolute Gasteiger partial charge is 0.244 e. The van der Waals surface area contributed by atoms with Crippen LogP contribution in [0.4, 0.5) is 5.69 Å². The van der Waals surface area contributed by atoms with Gasteiger partial charge in [0.1, 0.15) is 11.3 Å². The number of benzene rings is 2. The molecule has 0 spiro atoms. The van der Waals surface area contributed by atoms with Crippen LogP contribution in [-0.4, -0.2) is 18.4 Å². The van der Waals surface area contributed by atoms with Gasteiger partial charge in [0.15, 0.2) is 0 Å². The van der Waals surface area contributed by atoms with Gasteiger partial charge in [-0.05, 0) is 43.2 Å². The van der Waals surface area contributed by atoms with E-state index in [1.807, 2.05) is 62.4 Å². The highest BCUT2D eigenvalue weighted by molar-refractivity contribution is 5.98. The molecule has 1 heterocycles. The predicted octanol–water partition coefficient (Wildman–Crippen LogP) is 3.82. The second kappa shape index (κ2) is 7.70. The molecular formula is C21H20N2O3. The number of aryl methyl sites for hydroxylation is 2. The molecule has 0 atom stereocenters. The number of hydrogen-bond donors (Lipinski definition) is 2. The van der Waals surface area contributed by atoms with E-state index in [-0.39, 0.29) is 18.4 Å². The number of rotatable bonds is 5. The summed E-state index contributed by atoms with van der Waals surface area (Å²) in [6.07, 6.45) is 2.93. The third-order valence-corrected chi connectivity index (χ3v) is 4.01. The quantitative estimate of drug-likeness (QED) is 0.689. The van der Waals surface area contributed by atoms with E-state index in [1.54, 1.807) is 6.08 Å². The van der Waals surface area contributed by atoms with Crippen LogP contribution in [0.2, 0.25) is 0 Å². The van der Waals surface area contributed by atoms with Crippen molar-refractivity contribution < 1.29 is 14.0 Å². The van der Waals surface area contributed by atoms with Crippen molar-refractivity contribution in [1.82, 2.24) is 5.32 Å². The summed E-state index contributed by atoms with van der Waals surface area (Å²) in [6.45, 7) is 3.76. The Balaban J connectivity index is 1.54. The number of anilines is 1. The first-order valence-corrected chi connectivity index (χ1v) is 8.33. The Hall–Kier alpha value is -3.34. The molecule has 0 aliphatic carbocycles. The maximum atomic E-state index is 12.0. The molecule has 0 saturated heterocycles. The molecule has 2 amide bonds. The summed E-state index contributed by atoms with van der Waals surface area (Å²) < 4.78 is 5.60. The minimum Gasteiger partial charge on any atom is -0.457 e. The van der Waals surface area contributed by atoms with Crippen LogP contribution in [0.25, 0.3) is 17.0 Å². The lowest BCUT2D eigenvalue weighted by atomic mass is 10.1. The van der Waals surface area contributed by atoms with Crippen LogP contribution < -0.4 is 10.6 Å². The largest absolute Gasteiger partial charge is 0.457 e. The normalized spacial score (nSPS) is 11.0. The van der Waals surface area contributed by atoms with Gasteiger partial charge in [0.2, 0.25) is 11.8 Å². The van der Waals surface area contributed by atoms with Gasteiger partial charge in [-0.15, -0.1) is 0 Å². The number of amides is 2. The first kappa shape index (κ1) is 17.5. The van der Waals surface area contributed by atoms with Crippen molar-refractivity contribution in [2.75, 3.05) is 11.9 Å². The van der Waals surface area contributed by atoms with E-state index in [1.165, 1.54) is 6.08 Å². The molecule has 0 fully saturated rings. The molecule has 0 unspecified atom stereocenters. The molecule has 2 aromatic carbocycles. The third kappa shape index (κ3) is 4.19. The van der Waals surface area contributed by atoms with Gasteiger partial charge in [-0.3, -0.25) is 9.59 Å². The molecule has 0 aliphatic heterocycles. The molecule has 5 heteroatoms. The van der Waals surface area contributed by atoms with Crippen LogP contribution in [0, 0.1) is 13.8 Å². The van der Waals surface area contributed by atoms with Gasteiger partial charge in [-0.2, -0.15) is 0 Å². The Kier molecular flexibility index (Phi) is 5.17. The number of nitrogens with one attached hydrogen (secondary N) is 2. The fraction of sp³-hybridized carbons (Fsp3) is 0.143. The fourth-order valence-corrected chi connectivity index (χ4v) is 2.66. The Labute approximate surface area is 151 Å². The van der Waals surface area contributed by atoms with E-state index in [4.69, 9.17) is 4.42 Å². The zero-order chi connectivity index (χ0) is 18.5. The standard InChI is InChI=1S/C21H20N2O3/c1-14-6-5-7-15(2)21(14)23-20(25)13-22-19(24)11-10-17-12-16-8-3-4-9-18(16)26-17/h3-12H,13H2,1-2H3,(H,22,24)(H,23,25)/b11-10+. The molecule has 0 radical (unpaired) electrons. The van der Waals surface area contributed by atoms with Crippen LogP contribution in [0.3, 0.4) is 0 Å². The van der Waals surface area contributed by atoms with Crippen LogP contribution in [-0.2, 0) is 9.59 Å². The summed E-state index contributed by atoms with van der Waals surface area (Å²) in [5.41, 5.74) is 3.51. The monoisotopic (exact) mass is 348 g/mol. The number of carbonyl (C=O) groups is 2. The number of para-hydroxylation sites is 2. The molecule has 2 N–H and O–H groups in total. The van der Waals surface area contributed by atoms with Gasteiger partial charge in [-0.1, -0.05) is 36.4 Å². The average molecular weight is 348 g/mol. The summed E-state index contributed by atoms with van der Waals surface area (Å²) in [7, 11) is 0.